The van der Waals surface area contributed by atoms with Gasteiger partial charge in [0, 0.05) is 29.1 Å². The van der Waals surface area contributed by atoms with Crippen LogP contribution in [0.15, 0.2) is 48.5 Å². The first kappa shape index (κ1) is 16.2. The van der Waals surface area contributed by atoms with Gasteiger partial charge in [0.15, 0.2) is 0 Å². The Labute approximate surface area is 122 Å². The maximum atomic E-state index is 11.9. The molecule has 0 radical (unpaired) electrons. The number of nitrogen functional groups attached to an aromatic ring is 1. The number of non-ortho nitro benzene ring substituents is 1. The second-order valence-corrected chi connectivity index (χ2v) is 3.88. The summed E-state index contributed by atoms with van der Waals surface area (Å²) in [7, 11) is 0. The summed E-state index contributed by atoms with van der Waals surface area (Å²) in [5, 5.41) is 13.2. The normalized spacial score (nSPS) is 9.24. The SMILES string of the molecule is CC.Nc1ccc(NC(=O)c2ccc([N+](=O)[O-])cc2)cc1. The Balaban J connectivity index is 0.00000106. The molecule has 0 unspecified atom stereocenters. The lowest BCUT2D eigenvalue weighted by Crippen LogP contribution is -2.11. The topological polar surface area (TPSA) is 98.3 Å². The number of anilines is 2. The van der Waals surface area contributed by atoms with Crippen LogP contribution in [0.5, 0.6) is 0 Å². The number of carbonyl (C=O) groups is 1. The van der Waals surface area contributed by atoms with E-state index in [0.29, 0.717) is 16.9 Å². The van der Waals surface area contributed by atoms with Gasteiger partial charge in [-0.3, -0.25) is 14.9 Å². The van der Waals surface area contributed by atoms with Crippen molar-refractivity contribution in [2.75, 3.05) is 11.1 Å². The molecule has 6 heteroatoms. The molecule has 0 heterocycles. The lowest BCUT2D eigenvalue weighted by Gasteiger charge is -2.05. The lowest BCUT2D eigenvalue weighted by atomic mass is 10.2. The molecule has 21 heavy (non-hydrogen) atoms. The standard InChI is InChI=1S/C13H11N3O3.C2H6/c14-10-3-5-11(6-4-10)15-13(17)9-1-7-12(8-2-9)16(18)19;1-2/h1-8H,14H2,(H,15,17);1-2H3. The monoisotopic (exact) mass is 287 g/mol. The third kappa shape index (κ3) is 4.61. The Morgan fingerprint density at radius 2 is 1.57 bits per heavy atom. The van der Waals surface area contributed by atoms with Gasteiger partial charge in [-0.2, -0.15) is 0 Å². The Morgan fingerprint density at radius 1 is 1.05 bits per heavy atom. The molecule has 6 nitrogen and oxygen atoms in total. The number of rotatable bonds is 3. The Kier molecular flexibility index (Phi) is 5.88. The minimum Gasteiger partial charge on any atom is -0.399 e. The van der Waals surface area contributed by atoms with Gasteiger partial charge in [0.2, 0.25) is 0 Å². The number of nitrogens with one attached hydrogen (secondary N) is 1. The third-order valence-electron chi connectivity index (χ3n) is 2.51. The van der Waals surface area contributed by atoms with Crippen LogP contribution in [0, 0.1) is 10.1 Å². The van der Waals surface area contributed by atoms with Crippen LogP contribution in [-0.2, 0) is 0 Å². The van der Waals surface area contributed by atoms with E-state index in [1.54, 1.807) is 24.3 Å². The van der Waals surface area contributed by atoms with Crippen LogP contribution < -0.4 is 11.1 Å². The van der Waals surface area contributed by atoms with Gasteiger partial charge in [0.1, 0.15) is 0 Å². The highest BCUT2D eigenvalue weighted by Crippen LogP contribution is 2.15. The van der Waals surface area contributed by atoms with E-state index in [4.69, 9.17) is 5.73 Å². The summed E-state index contributed by atoms with van der Waals surface area (Å²) in [6.45, 7) is 4.00. The zero-order valence-electron chi connectivity index (χ0n) is 11.9. The zero-order valence-corrected chi connectivity index (χ0v) is 11.9. The number of nitro groups is 1. The first-order valence-electron chi connectivity index (χ1n) is 6.47. The Bertz CT molecular complexity index is 607. The molecule has 2 rings (SSSR count). The number of nitrogens with two attached hydrogens (primary N) is 1. The van der Waals surface area contributed by atoms with Crippen molar-refractivity contribution in [2.45, 2.75) is 13.8 Å². The van der Waals surface area contributed by atoms with Gasteiger partial charge in [-0.15, -0.1) is 0 Å². The van der Waals surface area contributed by atoms with E-state index in [-0.39, 0.29) is 11.6 Å². The summed E-state index contributed by atoms with van der Waals surface area (Å²) in [6, 6.07) is 12.1. The predicted molar refractivity (Wildman–Crippen MR) is 83.3 cm³/mol. The predicted octanol–water partition coefficient (Wildman–Crippen LogP) is 3.46. The molecule has 2 aromatic rings. The molecule has 110 valence electrons. The second kappa shape index (κ2) is 7.64. The molecule has 3 N–H and O–H groups in total. The average molecular weight is 287 g/mol. The van der Waals surface area contributed by atoms with Gasteiger partial charge >= 0.3 is 0 Å². The van der Waals surface area contributed by atoms with Crippen LogP contribution in [0.2, 0.25) is 0 Å². The summed E-state index contributed by atoms with van der Waals surface area (Å²) in [6.07, 6.45) is 0. The molecule has 0 saturated heterocycles. The Hall–Kier alpha value is -2.89. The van der Waals surface area contributed by atoms with Gasteiger partial charge in [-0.25, -0.2) is 0 Å². The maximum Gasteiger partial charge on any atom is 0.269 e. The molecule has 0 aliphatic carbocycles. The average Bonchev–Trinajstić information content (AvgIpc) is 2.51. The molecule has 0 aliphatic rings. The van der Waals surface area contributed by atoms with Crippen LogP contribution in [0.1, 0.15) is 24.2 Å². The summed E-state index contributed by atoms with van der Waals surface area (Å²) < 4.78 is 0. The van der Waals surface area contributed by atoms with E-state index in [1.165, 1.54) is 24.3 Å². The summed E-state index contributed by atoms with van der Waals surface area (Å²) >= 11 is 0. The van der Waals surface area contributed by atoms with Gasteiger partial charge in [0.25, 0.3) is 11.6 Å². The Morgan fingerprint density at radius 3 is 2.05 bits per heavy atom. The summed E-state index contributed by atoms with van der Waals surface area (Å²) in [5.41, 5.74) is 7.05. The van der Waals surface area contributed by atoms with Crippen molar-refractivity contribution in [1.29, 1.82) is 0 Å². The number of nitrogens with zero attached hydrogens (tertiary/aromatic N) is 1. The smallest absolute Gasteiger partial charge is 0.269 e. The van der Waals surface area contributed by atoms with Crippen LogP contribution in [-0.4, -0.2) is 10.8 Å². The van der Waals surface area contributed by atoms with Gasteiger partial charge in [-0.1, -0.05) is 13.8 Å². The largest absolute Gasteiger partial charge is 0.399 e. The fraction of sp³-hybridized carbons (Fsp3) is 0.133. The van der Waals surface area contributed by atoms with Crippen molar-refractivity contribution in [3.05, 3.63) is 64.2 Å². The van der Waals surface area contributed by atoms with Crippen molar-refractivity contribution >= 4 is 23.0 Å². The highest BCUT2D eigenvalue weighted by atomic mass is 16.6. The van der Waals surface area contributed by atoms with Crippen LogP contribution in [0.3, 0.4) is 0 Å². The molecule has 0 atom stereocenters. The van der Waals surface area contributed by atoms with Gasteiger partial charge in [-0.05, 0) is 36.4 Å². The van der Waals surface area contributed by atoms with E-state index < -0.39 is 4.92 Å². The van der Waals surface area contributed by atoms with E-state index in [2.05, 4.69) is 5.32 Å². The molecule has 0 aliphatic heterocycles. The van der Waals surface area contributed by atoms with Gasteiger partial charge in [0.05, 0.1) is 4.92 Å². The van der Waals surface area contributed by atoms with Crippen molar-refractivity contribution in [3.8, 4) is 0 Å². The van der Waals surface area contributed by atoms with Gasteiger partial charge < -0.3 is 11.1 Å². The van der Waals surface area contributed by atoms with Crippen molar-refractivity contribution in [1.82, 2.24) is 0 Å². The molecular weight excluding hydrogens is 270 g/mol. The first-order chi connectivity index (χ1) is 10.1. The van der Waals surface area contributed by atoms with E-state index >= 15 is 0 Å². The quantitative estimate of drug-likeness (QED) is 0.513. The maximum absolute atomic E-state index is 11.9. The van der Waals surface area contributed by atoms with Crippen LogP contribution in [0.25, 0.3) is 0 Å². The molecule has 1 amide bonds. The van der Waals surface area contributed by atoms with E-state index in [1.807, 2.05) is 13.8 Å². The third-order valence-corrected chi connectivity index (χ3v) is 2.51. The highest BCUT2D eigenvalue weighted by molar-refractivity contribution is 6.04. The summed E-state index contributed by atoms with van der Waals surface area (Å²) in [4.78, 5) is 21.9. The van der Waals surface area contributed by atoms with E-state index in [0.717, 1.165) is 0 Å². The van der Waals surface area contributed by atoms with Crippen molar-refractivity contribution < 1.29 is 9.72 Å². The van der Waals surface area contributed by atoms with E-state index in [9.17, 15) is 14.9 Å². The minimum absolute atomic E-state index is 0.0518. The molecular formula is C15H17N3O3. The van der Waals surface area contributed by atoms with Crippen LogP contribution >= 0.6 is 0 Å². The molecule has 2 aromatic carbocycles. The second-order valence-electron chi connectivity index (χ2n) is 3.88. The highest BCUT2D eigenvalue weighted by Gasteiger charge is 2.09. The molecule has 0 fully saturated rings. The fourth-order valence-electron chi connectivity index (χ4n) is 1.50. The van der Waals surface area contributed by atoms with Crippen molar-refractivity contribution in [3.63, 3.8) is 0 Å². The molecule has 0 bridgehead atoms. The lowest BCUT2D eigenvalue weighted by molar-refractivity contribution is -0.384. The van der Waals surface area contributed by atoms with Crippen LogP contribution in [0.4, 0.5) is 17.1 Å². The first-order valence-corrected chi connectivity index (χ1v) is 6.47. The number of benzene rings is 2. The fourth-order valence-corrected chi connectivity index (χ4v) is 1.50. The number of nitro benzene ring substituents is 1. The molecule has 0 saturated carbocycles. The molecule has 0 spiro atoms. The van der Waals surface area contributed by atoms with Crippen molar-refractivity contribution in [2.24, 2.45) is 0 Å². The summed E-state index contributed by atoms with van der Waals surface area (Å²) in [5.74, 6) is -0.334. The number of hydrogen-bond acceptors (Lipinski definition) is 4. The number of hydrogen-bond donors (Lipinski definition) is 2. The zero-order chi connectivity index (χ0) is 15.8. The molecule has 0 aromatic heterocycles. The number of carbonyl (C=O) groups excluding carboxylic acids is 1. The number of amides is 1. The minimum atomic E-state index is -0.512.